The molecule has 0 aromatic heterocycles. The lowest BCUT2D eigenvalue weighted by molar-refractivity contribution is -0.122. The molecule has 0 unspecified atom stereocenters. The number of urea groups is 1. The summed E-state index contributed by atoms with van der Waals surface area (Å²) in [6.07, 6.45) is 1.43. The Bertz CT molecular complexity index is 1340. The van der Waals surface area contributed by atoms with Crippen LogP contribution < -0.4 is 15.0 Å². The number of amides is 4. The normalized spacial score (nSPS) is 15.0. The van der Waals surface area contributed by atoms with Crippen LogP contribution in [0.3, 0.4) is 0 Å². The molecule has 3 aromatic carbocycles. The minimum absolute atomic E-state index is 0.171. The van der Waals surface area contributed by atoms with E-state index in [1.165, 1.54) is 6.08 Å². The van der Waals surface area contributed by atoms with Crippen molar-refractivity contribution in [2.75, 3.05) is 4.90 Å². The summed E-state index contributed by atoms with van der Waals surface area (Å²) in [6, 6.07) is 17.1. The standard InChI is InChI=1S/C26H20BrClN2O4/c1-15-4-3-5-22(16(15)2)30-25(32)21(24(31)29-26(30)33)13-18-12-19(27)8-11-23(18)34-14-17-6-9-20(28)10-7-17/h3-13H,14H2,1-2H3,(H,29,31,33)/b21-13+. The zero-order valence-corrected chi connectivity index (χ0v) is 20.7. The van der Waals surface area contributed by atoms with Gasteiger partial charge in [-0.2, -0.15) is 0 Å². The van der Waals surface area contributed by atoms with E-state index in [9.17, 15) is 14.4 Å². The van der Waals surface area contributed by atoms with Crippen molar-refractivity contribution in [3.8, 4) is 5.75 Å². The highest BCUT2D eigenvalue weighted by Crippen LogP contribution is 2.30. The maximum atomic E-state index is 13.3. The second-order valence-corrected chi connectivity index (χ2v) is 9.13. The van der Waals surface area contributed by atoms with Crippen molar-refractivity contribution in [3.63, 3.8) is 0 Å². The fourth-order valence-electron chi connectivity index (χ4n) is 3.51. The van der Waals surface area contributed by atoms with Gasteiger partial charge in [-0.25, -0.2) is 9.69 Å². The fourth-order valence-corrected chi connectivity index (χ4v) is 4.02. The zero-order valence-electron chi connectivity index (χ0n) is 18.4. The molecule has 172 valence electrons. The van der Waals surface area contributed by atoms with Crippen molar-refractivity contribution in [2.45, 2.75) is 20.5 Å². The van der Waals surface area contributed by atoms with E-state index in [4.69, 9.17) is 16.3 Å². The van der Waals surface area contributed by atoms with Crippen LogP contribution >= 0.6 is 27.5 Å². The van der Waals surface area contributed by atoms with Crippen LogP contribution in [-0.4, -0.2) is 17.8 Å². The van der Waals surface area contributed by atoms with Crippen LogP contribution in [0.25, 0.3) is 6.08 Å². The number of aryl methyl sites for hydroxylation is 1. The SMILES string of the molecule is Cc1cccc(N2C(=O)NC(=O)/C(=C\c3cc(Br)ccc3OCc3ccc(Cl)cc3)C2=O)c1C. The Kier molecular flexibility index (Phi) is 6.86. The molecule has 1 fully saturated rings. The first-order valence-electron chi connectivity index (χ1n) is 10.4. The number of imide groups is 2. The summed E-state index contributed by atoms with van der Waals surface area (Å²) in [5.41, 5.74) is 3.37. The lowest BCUT2D eigenvalue weighted by Gasteiger charge is -2.28. The first kappa shape index (κ1) is 23.7. The Morgan fingerprint density at radius 2 is 1.76 bits per heavy atom. The van der Waals surface area contributed by atoms with Crippen LogP contribution in [0.1, 0.15) is 22.3 Å². The van der Waals surface area contributed by atoms with E-state index in [2.05, 4.69) is 21.2 Å². The number of ether oxygens (including phenoxy) is 1. The summed E-state index contributed by atoms with van der Waals surface area (Å²) in [5, 5.41) is 2.89. The Hall–Kier alpha value is -3.42. The Morgan fingerprint density at radius 3 is 2.50 bits per heavy atom. The van der Waals surface area contributed by atoms with Gasteiger partial charge in [0.25, 0.3) is 11.8 Å². The highest BCUT2D eigenvalue weighted by molar-refractivity contribution is 9.10. The van der Waals surface area contributed by atoms with Crippen molar-refractivity contribution in [3.05, 3.63) is 98.0 Å². The second-order valence-electron chi connectivity index (χ2n) is 7.77. The largest absolute Gasteiger partial charge is 0.488 e. The summed E-state index contributed by atoms with van der Waals surface area (Å²) < 4.78 is 6.71. The smallest absolute Gasteiger partial charge is 0.335 e. The summed E-state index contributed by atoms with van der Waals surface area (Å²) >= 11 is 9.36. The van der Waals surface area contributed by atoms with E-state index >= 15 is 0 Å². The summed E-state index contributed by atoms with van der Waals surface area (Å²) in [5.74, 6) is -0.993. The van der Waals surface area contributed by atoms with Gasteiger partial charge in [-0.05, 0) is 73.0 Å². The predicted molar refractivity (Wildman–Crippen MR) is 135 cm³/mol. The molecule has 1 heterocycles. The number of anilines is 1. The highest BCUT2D eigenvalue weighted by Gasteiger charge is 2.37. The van der Waals surface area contributed by atoms with Crippen LogP contribution in [-0.2, 0) is 16.2 Å². The predicted octanol–water partition coefficient (Wildman–Crippen LogP) is 5.96. The van der Waals surface area contributed by atoms with Crippen molar-refractivity contribution < 1.29 is 19.1 Å². The third-order valence-electron chi connectivity index (χ3n) is 5.50. The average Bonchev–Trinajstić information content (AvgIpc) is 2.80. The molecule has 3 aromatic rings. The van der Waals surface area contributed by atoms with E-state index in [-0.39, 0.29) is 12.2 Å². The summed E-state index contributed by atoms with van der Waals surface area (Å²) in [6.45, 7) is 3.98. The van der Waals surface area contributed by atoms with E-state index in [0.717, 1.165) is 26.1 Å². The zero-order chi connectivity index (χ0) is 24.4. The van der Waals surface area contributed by atoms with Gasteiger partial charge < -0.3 is 4.74 Å². The van der Waals surface area contributed by atoms with Gasteiger partial charge in [0.15, 0.2) is 0 Å². The fraction of sp³-hybridized carbons (Fsp3) is 0.115. The molecule has 0 bridgehead atoms. The van der Waals surface area contributed by atoms with Gasteiger partial charge in [-0.15, -0.1) is 0 Å². The van der Waals surface area contributed by atoms with E-state index in [1.54, 1.807) is 42.5 Å². The van der Waals surface area contributed by atoms with Gasteiger partial charge in [0, 0.05) is 15.1 Å². The quantitative estimate of drug-likeness (QED) is 0.320. The number of hydrogen-bond donors (Lipinski definition) is 1. The van der Waals surface area contributed by atoms with Gasteiger partial charge in [0.2, 0.25) is 0 Å². The van der Waals surface area contributed by atoms with Gasteiger partial charge in [-0.1, -0.05) is 51.8 Å². The van der Waals surface area contributed by atoms with Gasteiger partial charge in [0.05, 0.1) is 5.69 Å². The van der Waals surface area contributed by atoms with Crippen LogP contribution in [0, 0.1) is 13.8 Å². The topological polar surface area (TPSA) is 75.7 Å². The third kappa shape index (κ3) is 4.90. The van der Waals surface area contributed by atoms with Gasteiger partial charge in [0.1, 0.15) is 17.9 Å². The lowest BCUT2D eigenvalue weighted by atomic mass is 10.0. The highest BCUT2D eigenvalue weighted by atomic mass is 79.9. The van der Waals surface area contributed by atoms with E-state index in [1.807, 2.05) is 32.0 Å². The molecule has 4 rings (SSSR count). The molecule has 0 saturated carbocycles. The number of rotatable bonds is 5. The molecule has 0 aliphatic carbocycles. The van der Waals surface area contributed by atoms with Gasteiger partial charge >= 0.3 is 6.03 Å². The lowest BCUT2D eigenvalue weighted by Crippen LogP contribution is -2.54. The van der Waals surface area contributed by atoms with Crippen LogP contribution in [0.5, 0.6) is 5.75 Å². The monoisotopic (exact) mass is 538 g/mol. The molecular weight excluding hydrogens is 520 g/mol. The first-order valence-corrected chi connectivity index (χ1v) is 11.6. The minimum Gasteiger partial charge on any atom is -0.488 e. The van der Waals surface area contributed by atoms with Crippen LogP contribution in [0.4, 0.5) is 10.5 Å². The minimum atomic E-state index is -0.783. The van der Waals surface area contributed by atoms with Crippen molar-refractivity contribution >= 4 is 57.1 Å². The van der Waals surface area contributed by atoms with Crippen molar-refractivity contribution in [2.24, 2.45) is 0 Å². The maximum absolute atomic E-state index is 13.3. The number of halogens is 2. The van der Waals surface area contributed by atoms with Crippen molar-refractivity contribution in [1.29, 1.82) is 0 Å². The number of nitrogens with one attached hydrogen (secondary N) is 1. The first-order chi connectivity index (χ1) is 16.2. The number of hydrogen-bond acceptors (Lipinski definition) is 4. The molecule has 1 N–H and O–H groups in total. The third-order valence-corrected chi connectivity index (χ3v) is 6.24. The summed E-state index contributed by atoms with van der Waals surface area (Å²) in [7, 11) is 0. The molecule has 6 nitrogen and oxygen atoms in total. The molecule has 0 spiro atoms. The number of nitrogens with zero attached hydrogens (tertiary/aromatic N) is 1. The Labute approximate surface area is 210 Å². The number of carbonyl (C=O) groups is 3. The average molecular weight is 540 g/mol. The van der Waals surface area contributed by atoms with E-state index in [0.29, 0.717) is 22.0 Å². The molecular formula is C26H20BrClN2O4. The molecule has 4 amide bonds. The molecule has 0 radical (unpaired) electrons. The number of carbonyl (C=O) groups excluding carboxylic acids is 3. The van der Waals surface area contributed by atoms with Crippen LogP contribution in [0.2, 0.25) is 5.02 Å². The maximum Gasteiger partial charge on any atom is 0.335 e. The number of benzene rings is 3. The second kappa shape index (κ2) is 9.83. The van der Waals surface area contributed by atoms with Crippen molar-refractivity contribution in [1.82, 2.24) is 5.32 Å². The molecule has 1 saturated heterocycles. The Balaban J connectivity index is 1.69. The van der Waals surface area contributed by atoms with Crippen LogP contribution in [0.15, 0.2) is 70.7 Å². The number of barbiturate groups is 1. The Morgan fingerprint density at radius 1 is 1.03 bits per heavy atom. The summed E-state index contributed by atoms with van der Waals surface area (Å²) in [4.78, 5) is 39.5. The molecule has 34 heavy (non-hydrogen) atoms. The molecule has 8 heteroatoms. The molecule has 1 aliphatic rings. The van der Waals surface area contributed by atoms with Gasteiger partial charge in [-0.3, -0.25) is 14.9 Å². The molecule has 0 atom stereocenters. The van der Waals surface area contributed by atoms with E-state index < -0.39 is 17.8 Å². The molecule has 1 aliphatic heterocycles.